The van der Waals surface area contributed by atoms with Gasteiger partial charge < -0.3 is 5.73 Å². The molecule has 0 radical (unpaired) electrons. The van der Waals surface area contributed by atoms with E-state index in [2.05, 4.69) is 10.1 Å². The van der Waals surface area contributed by atoms with Gasteiger partial charge in [-0.05, 0) is 18.6 Å². The average Bonchev–Trinajstić information content (AvgIpc) is 2.64. The molecule has 0 aliphatic carbocycles. The Labute approximate surface area is 108 Å². The number of rotatable bonds is 2. The van der Waals surface area contributed by atoms with Crippen molar-refractivity contribution >= 4 is 27.6 Å². The van der Waals surface area contributed by atoms with Gasteiger partial charge in [-0.15, -0.1) is 5.10 Å². The highest BCUT2D eigenvalue weighted by atomic mass is 35.5. The summed E-state index contributed by atoms with van der Waals surface area (Å²) in [6, 6.07) is 5.20. The first-order valence-electron chi connectivity index (χ1n) is 4.81. The molecule has 2 rings (SSSR count). The average molecular weight is 288 g/mol. The van der Waals surface area contributed by atoms with Crippen LogP contribution in [0.1, 0.15) is 5.56 Å². The fourth-order valence-electron chi connectivity index (χ4n) is 1.40. The maximum atomic E-state index is 11.1. The van der Waals surface area contributed by atoms with E-state index >= 15 is 0 Å². The summed E-state index contributed by atoms with van der Waals surface area (Å²) >= 11 is 6.10. The first-order chi connectivity index (χ1) is 8.30. The van der Waals surface area contributed by atoms with Crippen molar-refractivity contribution in [3.8, 4) is 5.69 Å². The molecule has 2 aromatic rings. The van der Waals surface area contributed by atoms with Gasteiger partial charge in [-0.2, -0.15) is 9.67 Å². The van der Waals surface area contributed by atoms with Gasteiger partial charge in [0, 0.05) is 0 Å². The van der Waals surface area contributed by atoms with E-state index in [0.29, 0.717) is 10.7 Å². The molecule has 0 aliphatic rings. The first-order valence-corrected chi connectivity index (χ1v) is 6.74. The van der Waals surface area contributed by atoms with Gasteiger partial charge in [0.1, 0.15) is 0 Å². The Morgan fingerprint density at radius 2 is 2.06 bits per heavy atom. The fourth-order valence-corrected chi connectivity index (χ4v) is 2.02. The number of hydrogen-bond acceptors (Lipinski definition) is 5. The summed E-state index contributed by atoms with van der Waals surface area (Å²) in [6.07, 6.45) is 0. The van der Waals surface area contributed by atoms with E-state index in [1.54, 1.807) is 25.1 Å². The second kappa shape index (κ2) is 4.23. The highest BCUT2D eigenvalue weighted by molar-refractivity contribution is 7.89. The minimum atomic E-state index is -4.00. The Morgan fingerprint density at radius 3 is 2.61 bits per heavy atom. The molecular weight excluding hydrogens is 278 g/mol. The van der Waals surface area contributed by atoms with Crippen molar-refractivity contribution in [2.45, 2.75) is 12.1 Å². The molecule has 0 aliphatic heterocycles. The zero-order valence-corrected chi connectivity index (χ0v) is 10.9. The van der Waals surface area contributed by atoms with Gasteiger partial charge in [0.2, 0.25) is 5.95 Å². The van der Waals surface area contributed by atoms with E-state index < -0.39 is 15.2 Å². The van der Waals surface area contributed by atoms with Crippen LogP contribution in [-0.2, 0) is 10.0 Å². The lowest BCUT2D eigenvalue weighted by Gasteiger charge is -2.06. The third-order valence-electron chi connectivity index (χ3n) is 2.27. The first kappa shape index (κ1) is 12.8. The van der Waals surface area contributed by atoms with Gasteiger partial charge >= 0.3 is 0 Å². The van der Waals surface area contributed by atoms with Crippen LogP contribution in [0, 0.1) is 6.92 Å². The zero-order valence-electron chi connectivity index (χ0n) is 9.33. The van der Waals surface area contributed by atoms with Crippen LogP contribution in [0.4, 0.5) is 5.95 Å². The molecule has 96 valence electrons. The van der Waals surface area contributed by atoms with Crippen LogP contribution in [0.3, 0.4) is 0 Å². The van der Waals surface area contributed by atoms with Crippen molar-refractivity contribution in [3.05, 3.63) is 28.8 Å². The number of benzene rings is 1. The van der Waals surface area contributed by atoms with Crippen molar-refractivity contribution in [2.24, 2.45) is 5.14 Å². The predicted molar refractivity (Wildman–Crippen MR) is 66.9 cm³/mol. The fraction of sp³-hybridized carbons (Fsp3) is 0.111. The smallest absolute Gasteiger partial charge is 0.284 e. The summed E-state index contributed by atoms with van der Waals surface area (Å²) in [6.45, 7) is 1.81. The van der Waals surface area contributed by atoms with Crippen LogP contribution < -0.4 is 10.9 Å². The number of primary sulfonamides is 1. The van der Waals surface area contributed by atoms with Crippen LogP contribution in [0.15, 0.2) is 23.4 Å². The van der Waals surface area contributed by atoms with Crippen molar-refractivity contribution in [1.29, 1.82) is 0 Å². The number of aryl methyl sites for hydroxylation is 1. The molecule has 7 nitrogen and oxygen atoms in total. The summed E-state index contributed by atoms with van der Waals surface area (Å²) < 4.78 is 23.4. The predicted octanol–water partition coefficient (Wildman–Crippen LogP) is 0.459. The van der Waals surface area contributed by atoms with Crippen LogP contribution in [-0.4, -0.2) is 23.2 Å². The van der Waals surface area contributed by atoms with Gasteiger partial charge in [0.25, 0.3) is 15.2 Å². The summed E-state index contributed by atoms with van der Waals surface area (Å²) in [4.78, 5) is 3.59. The van der Waals surface area contributed by atoms with E-state index in [1.165, 1.54) is 0 Å². The number of anilines is 1. The van der Waals surface area contributed by atoms with Crippen molar-refractivity contribution in [2.75, 3.05) is 5.73 Å². The van der Waals surface area contributed by atoms with Gasteiger partial charge in [0.15, 0.2) is 0 Å². The number of sulfonamides is 1. The zero-order chi connectivity index (χ0) is 13.5. The Balaban J connectivity index is 2.66. The minimum Gasteiger partial charge on any atom is -0.368 e. The molecule has 0 saturated carbocycles. The minimum absolute atomic E-state index is 0.105. The van der Waals surface area contributed by atoms with E-state index in [4.69, 9.17) is 22.5 Å². The monoisotopic (exact) mass is 287 g/mol. The highest BCUT2D eigenvalue weighted by Crippen LogP contribution is 2.25. The number of hydrogen-bond donors (Lipinski definition) is 2. The number of nitrogens with zero attached hydrogens (tertiary/aromatic N) is 3. The maximum Gasteiger partial charge on any atom is 0.284 e. The molecule has 0 atom stereocenters. The molecular formula is C9H10ClN5O2S. The Morgan fingerprint density at radius 1 is 1.39 bits per heavy atom. The summed E-state index contributed by atoms with van der Waals surface area (Å²) in [7, 11) is -4.00. The molecule has 1 aromatic carbocycles. The molecule has 1 aromatic heterocycles. The largest absolute Gasteiger partial charge is 0.368 e. The topological polar surface area (TPSA) is 117 Å². The lowest BCUT2D eigenvalue weighted by Crippen LogP contribution is -2.14. The lowest BCUT2D eigenvalue weighted by atomic mass is 10.2. The van der Waals surface area contributed by atoms with E-state index in [-0.39, 0.29) is 5.95 Å². The van der Waals surface area contributed by atoms with Gasteiger partial charge in [-0.25, -0.2) is 13.6 Å². The molecule has 0 amide bonds. The van der Waals surface area contributed by atoms with Crippen LogP contribution in [0.25, 0.3) is 5.69 Å². The molecule has 0 saturated heterocycles. The Hall–Kier alpha value is -1.64. The van der Waals surface area contributed by atoms with E-state index in [0.717, 1.165) is 10.2 Å². The summed E-state index contributed by atoms with van der Waals surface area (Å²) in [5.41, 5.74) is 6.85. The third kappa shape index (κ3) is 2.17. The van der Waals surface area contributed by atoms with Gasteiger partial charge in [0.05, 0.1) is 10.7 Å². The molecule has 18 heavy (non-hydrogen) atoms. The standard InChI is InChI=1S/C9H10ClN5O2S/c1-5-3-2-4-6(7(5)10)15-8(11)13-9(14-15)18(12,16)17/h2-4H,1H3,(H2,11,13,14)(H2,12,16,17). The molecule has 1 heterocycles. The summed E-state index contributed by atoms with van der Waals surface area (Å²) in [5.74, 6) is -0.105. The maximum absolute atomic E-state index is 11.1. The van der Waals surface area contributed by atoms with Crippen LogP contribution in [0.2, 0.25) is 5.02 Å². The third-order valence-corrected chi connectivity index (χ3v) is 3.44. The SMILES string of the molecule is Cc1cccc(-n2nc(S(N)(=O)=O)nc2N)c1Cl. The molecule has 9 heteroatoms. The van der Waals surface area contributed by atoms with Crippen LogP contribution >= 0.6 is 11.6 Å². The highest BCUT2D eigenvalue weighted by Gasteiger charge is 2.19. The number of nitrogen functional groups attached to an aromatic ring is 1. The van der Waals surface area contributed by atoms with E-state index in [9.17, 15) is 8.42 Å². The molecule has 0 unspecified atom stereocenters. The normalized spacial score (nSPS) is 11.7. The number of halogens is 1. The second-order valence-corrected chi connectivity index (χ2v) is 5.45. The van der Waals surface area contributed by atoms with Crippen molar-refractivity contribution in [1.82, 2.24) is 14.8 Å². The van der Waals surface area contributed by atoms with Gasteiger partial charge in [-0.3, -0.25) is 0 Å². The lowest BCUT2D eigenvalue weighted by molar-refractivity contribution is 0.588. The quantitative estimate of drug-likeness (QED) is 0.832. The van der Waals surface area contributed by atoms with Crippen molar-refractivity contribution in [3.63, 3.8) is 0 Å². The van der Waals surface area contributed by atoms with Crippen LogP contribution in [0.5, 0.6) is 0 Å². The number of nitrogens with two attached hydrogens (primary N) is 2. The van der Waals surface area contributed by atoms with Gasteiger partial charge in [-0.1, -0.05) is 23.7 Å². The molecule has 4 N–H and O–H groups in total. The van der Waals surface area contributed by atoms with Crippen molar-refractivity contribution < 1.29 is 8.42 Å². The molecule has 0 spiro atoms. The second-order valence-electron chi connectivity index (χ2n) is 3.62. The molecule has 0 bridgehead atoms. The Bertz CT molecular complexity index is 710. The van der Waals surface area contributed by atoms with E-state index in [1.807, 2.05) is 0 Å². The Kier molecular flexibility index (Phi) is 3.01. The molecule has 0 fully saturated rings. The number of aromatic nitrogens is 3. The summed E-state index contributed by atoms with van der Waals surface area (Å²) in [5, 5.41) is 8.53.